The van der Waals surface area contributed by atoms with Gasteiger partial charge in [0.25, 0.3) is 5.56 Å². The van der Waals surface area contributed by atoms with Gasteiger partial charge in [0.15, 0.2) is 0 Å². The van der Waals surface area contributed by atoms with Crippen LogP contribution in [-0.2, 0) is 12.5 Å². The normalized spacial score (nSPS) is 17.0. The summed E-state index contributed by atoms with van der Waals surface area (Å²) in [6.07, 6.45) is 0. The summed E-state index contributed by atoms with van der Waals surface area (Å²) in [5.41, 5.74) is 2.62. The molecule has 1 saturated heterocycles. The van der Waals surface area contributed by atoms with Crippen molar-refractivity contribution in [1.29, 1.82) is 10.5 Å². The van der Waals surface area contributed by atoms with Crippen LogP contribution in [0.5, 0.6) is 0 Å². The van der Waals surface area contributed by atoms with Gasteiger partial charge in [-0.15, -0.1) is 0 Å². The molecule has 1 aliphatic rings. The molecule has 1 aliphatic heterocycles. The van der Waals surface area contributed by atoms with Crippen LogP contribution in [0.4, 0.5) is 10.1 Å². The van der Waals surface area contributed by atoms with E-state index in [0.29, 0.717) is 36.4 Å². The van der Waals surface area contributed by atoms with E-state index in [9.17, 15) is 19.7 Å². The molecular weight excluding hydrogens is 509 g/mol. The van der Waals surface area contributed by atoms with Crippen LogP contribution in [0.1, 0.15) is 62.0 Å². The number of rotatable bonds is 4. The van der Waals surface area contributed by atoms with Crippen molar-refractivity contribution < 1.29 is 8.91 Å². The zero-order chi connectivity index (χ0) is 28.8. The molecule has 1 fully saturated rings. The van der Waals surface area contributed by atoms with E-state index in [1.807, 2.05) is 17.9 Å². The van der Waals surface area contributed by atoms with Crippen LogP contribution in [0.2, 0.25) is 0 Å². The Morgan fingerprint density at radius 1 is 1.10 bits per heavy atom. The third kappa shape index (κ3) is 4.72. The zero-order valence-corrected chi connectivity index (χ0v) is 23.1. The number of piperazine rings is 1. The van der Waals surface area contributed by atoms with Gasteiger partial charge < -0.3 is 14.0 Å². The summed E-state index contributed by atoms with van der Waals surface area (Å²) in [6, 6.07) is 15.3. The fourth-order valence-corrected chi connectivity index (χ4v) is 5.37. The minimum atomic E-state index is -0.410. The Balaban J connectivity index is 1.56. The van der Waals surface area contributed by atoms with Gasteiger partial charge >= 0.3 is 0 Å². The van der Waals surface area contributed by atoms with Gasteiger partial charge in [-0.05, 0) is 36.8 Å². The third-order valence-corrected chi connectivity index (χ3v) is 7.49. The number of benzene rings is 1. The lowest BCUT2D eigenvalue weighted by Crippen LogP contribution is -2.53. The number of aromatic nitrogens is 3. The molecule has 0 radical (unpaired) electrons. The van der Waals surface area contributed by atoms with Gasteiger partial charge in [-0.2, -0.15) is 10.5 Å². The van der Waals surface area contributed by atoms with Crippen molar-refractivity contribution in [3.8, 4) is 12.1 Å². The van der Waals surface area contributed by atoms with Crippen molar-refractivity contribution in [3.05, 3.63) is 86.9 Å². The Hall–Kier alpha value is -4.54. The highest BCUT2D eigenvalue weighted by atomic mass is 19.1. The molecule has 1 aromatic carbocycles. The average Bonchev–Trinajstić information content (AvgIpc) is 3.42. The Labute approximate surface area is 231 Å². The van der Waals surface area contributed by atoms with Gasteiger partial charge in [0.1, 0.15) is 46.2 Å². The number of anilines is 1. The third-order valence-electron chi connectivity index (χ3n) is 7.49. The average molecular weight is 540 g/mol. The van der Waals surface area contributed by atoms with E-state index in [1.54, 1.807) is 31.3 Å². The minimum absolute atomic E-state index is 0.000653. The molecule has 4 heterocycles. The summed E-state index contributed by atoms with van der Waals surface area (Å²) in [4.78, 5) is 21.9. The molecule has 0 spiro atoms. The number of pyridine rings is 2. The number of aryl methyl sites for hydroxylation is 1. The number of nitrogens with zero attached hydrogens (tertiary/aromatic N) is 7. The van der Waals surface area contributed by atoms with E-state index < -0.39 is 5.56 Å². The number of hydrogen-bond acceptors (Lipinski definition) is 8. The number of nitriles is 2. The van der Waals surface area contributed by atoms with E-state index in [-0.39, 0.29) is 34.6 Å². The van der Waals surface area contributed by atoms with Crippen LogP contribution in [0.25, 0.3) is 11.0 Å². The highest BCUT2D eigenvalue weighted by Gasteiger charge is 2.35. The molecule has 0 amide bonds. The van der Waals surface area contributed by atoms with Gasteiger partial charge in [0.2, 0.25) is 0 Å². The lowest BCUT2D eigenvalue weighted by Gasteiger charge is -2.44. The second kappa shape index (κ2) is 10.2. The topological polar surface area (TPSA) is 115 Å². The first-order chi connectivity index (χ1) is 19.0. The zero-order valence-electron chi connectivity index (χ0n) is 23.1. The van der Waals surface area contributed by atoms with Crippen molar-refractivity contribution in [2.24, 2.45) is 7.05 Å². The van der Waals surface area contributed by atoms with Crippen molar-refractivity contribution in [2.45, 2.75) is 45.2 Å². The molecule has 9 nitrogen and oxygen atoms in total. The Morgan fingerprint density at radius 2 is 1.82 bits per heavy atom. The minimum Gasteiger partial charge on any atom is -0.363 e. The predicted octanol–water partition coefficient (Wildman–Crippen LogP) is 4.40. The molecule has 0 aliphatic carbocycles. The number of halogens is 1. The monoisotopic (exact) mass is 539 g/mol. The molecule has 3 aromatic heterocycles. The first kappa shape index (κ1) is 27.0. The maximum atomic E-state index is 13.8. The van der Waals surface area contributed by atoms with Crippen molar-refractivity contribution >= 4 is 16.7 Å². The second-order valence-electron chi connectivity index (χ2n) is 11.2. The summed E-state index contributed by atoms with van der Waals surface area (Å²) in [5, 5.41) is 23.9. The van der Waals surface area contributed by atoms with Crippen LogP contribution in [-0.4, -0.2) is 45.3 Å². The fourth-order valence-electron chi connectivity index (χ4n) is 5.37. The van der Waals surface area contributed by atoms with Gasteiger partial charge in [-0.1, -0.05) is 38.1 Å². The first-order valence-corrected chi connectivity index (χ1v) is 13.1. The highest BCUT2D eigenvalue weighted by molar-refractivity contribution is 5.92. The molecule has 5 rings (SSSR count). The lowest BCUT2D eigenvalue weighted by molar-refractivity contribution is 0.181. The van der Waals surface area contributed by atoms with Crippen LogP contribution < -0.4 is 10.5 Å². The smallest absolute Gasteiger partial charge is 0.270 e. The molecule has 0 bridgehead atoms. The molecule has 0 N–H and O–H groups in total. The Bertz CT molecular complexity index is 1720. The predicted molar refractivity (Wildman–Crippen MR) is 148 cm³/mol. The van der Waals surface area contributed by atoms with Crippen LogP contribution in [0.3, 0.4) is 0 Å². The number of fused-ring (bicyclic) bond motifs is 1. The summed E-state index contributed by atoms with van der Waals surface area (Å²) < 4.78 is 21.0. The van der Waals surface area contributed by atoms with Gasteiger partial charge in [0, 0.05) is 44.2 Å². The fraction of sp³-hybridized carbons (Fsp3) is 0.367. The Morgan fingerprint density at radius 3 is 2.42 bits per heavy atom. The van der Waals surface area contributed by atoms with Gasteiger partial charge in [-0.25, -0.2) is 9.37 Å². The lowest BCUT2D eigenvalue weighted by atomic mass is 9.91. The summed E-state index contributed by atoms with van der Waals surface area (Å²) >= 11 is 0. The second-order valence-corrected chi connectivity index (χ2v) is 11.2. The van der Waals surface area contributed by atoms with Gasteiger partial charge in [0.05, 0.1) is 17.2 Å². The highest BCUT2D eigenvalue weighted by Crippen LogP contribution is 2.36. The van der Waals surface area contributed by atoms with E-state index in [1.165, 1.54) is 16.7 Å². The van der Waals surface area contributed by atoms with Crippen molar-refractivity contribution in [3.63, 3.8) is 0 Å². The molecular formula is C30H30FN7O2. The Kier molecular flexibility index (Phi) is 6.91. The summed E-state index contributed by atoms with van der Waals surface area (Å²) in [6.45, 7) is 9.78. The summed E-state index contributed by atoms with van der Waals surface area (Å²) in [7, 11) is 1.60. The van der Waals surface area contributed by atoms with Crippen LogP contribution in [0.15, 0.2) is 51.8 Å². The van der Waals surface area contributed by atoms with Crippen molar-refractivity contribution in [2.75, 3.05) is 24.5 Å². The van der Waals surface area contributed by atoms with E-state index in [4.69, 9.17) is 4.52 Å². The molecule has 2 atom stereocenters. The maximum absolute atomic E-state index is 13.8. The molecule has 204 valence electrons. The van der Waals surface area contributed by atoms with E-state index in [2.05, 4.69) is 48.0 Å². The van der Waals surface area contributed by atoms with E-state index in [0.717, 1.165) is 17.0 Å². The van der Waals surface area contributed by atoms with Gasteiger partial charge in [-0.3, -0.25) is 9.69 Å². The van der Waals surface area contributed by atoms with Crippen molar-refractivity contribution in [1.82, 2.24) is 19.6 Å². The number of hydrogen-bond donors (Lipinski definition) is 0. The molecule has 4 aromatic rings. The first-order valence-electron chi connectivity index (χ1n) is 13.1. The standard InChI is InChI=1S/C30H30FN7O2/c1-18-17-37(27(19-6-8-20(31)9-7-19)23-14-25(40-35-23)30(2,3)4)12-13-38(18)28-22(16-33)29(39)36(5)24-11-10-21(15-32)34-26(24)28/h6-11,14,18,27H,12-13,17H2,1-5H3/t18-,27?/m0/s1. The summed E-state index contributed by atoms with van der Waals surface area (Å²) in [5.74, 6) is 0.438. The maximum Gasteiger partial charge on any atom is 0.270 e. The quantitative estimate of drug-likeness (QED) is 0.375. The molecule has 10 heteroatoms. The van der Waals surface area contributed by atoms with Crippen LogP contribution in [0, 0.1) is 28.5 Å². The van der Waals surface area contributed by atoms with E-state index >= 15 is 0 Å². The SMILES string of the molecule is C[C@H]1CN(C(c2ccc(F)cc2)c2cc(C(C)(C)C)on2)CCN1c1c(C#N)c(=O)n(C)c2ccc(C#N)nc12. The molecule has 0 saturated carbocycles. The molecule has 40 heavy (non-hydrogen) atoms. The molecule has 1 unspecified atom stereocenters. The largest absolute Gasteiger partial charge is 0.363 e. The van der Waals surface area contributed by atoms with Crippen LogP contribution >= 0.6 is 0 Å².